The van der Waals surface area contributed by atoms with Gasteiger partial charge in [0.2, 0.25) is 11.8 Å². The van der Waals surface area contributed by atoms with Gasteiger partial charge in [0.25, 0.3) is 0 Å². The van der Waals surface area contributed by atoms with Gasteiger partial charge in [-0.2, -0.15) is 0 Å². The second kappa shape index (κ2) is 3.62. The van der Waals surface area contributed by atoms with Gasteiger partial charge in [0.15, 0.2) is 5.60 Å². The van der Waals surface area contributed by atoms with Crippen molar-refractivity contribution in [3.8, 4) is 0 Å². The molecular weight excluding hydrogens is 202 g/mol. The van der Waals surface area contributed by atoms with Crippen LogP contribution in [-0.4, -0.2) is 45.0 Å². The van der Waals surface area contributed by atoms with Crippen LogP contribution in [0.25, 0.3) is 0 Å². The van der Waals surface area contributed by atoms with Crippen molar-refractivity contribution in [1.82, 2.24) is 4.90 Å². The van der Waals surface area contributed by atoms with E-state index in [9.17, 15) is 19.5 Å². The van der Waals surface area contributed by atoms with Crippen LogP contribution < -0.4 is 0 Å². The van der Waals surface area contributed by atoms with E-state index in [1.165, 1.54) is 0 Å². The molecule has 0 radical (unpaired) electrons. The van der Waals surface area contributed by atoms with Gasteiger partial charge in [-0.1, -0.05) is 6.92 Å². The molecule has 0 aromatic carbocycles. The first-order valence-corrected chi connectivity index (χ1v) is 4.55. The molecule has 1 aliphatic rings. The van der Waals surface area contributed by atoms with E-state index in [1.54, 1.807) is 6.92 Å². The van der Waals surface area contributed by atoms with Crippen molar-refractivity contribution in [2.24, 2.45) is 5.92 Å². The van der Waals surface area contributed by atoms with Crippen LogP contribution in [0.1, 0.15) is 20.3 Å². The standard InChI is InChI=1S/C9H13NO5/c1-5-3-6(11)10(7(5)12)4-9(2,15)8(13)14/h5,15H,3-4H2,1-2H3,(H,13,14). The SMILES string of the molecule is CC1CC(=O)N(CC(C)(O)C(=O)O)C1=O. The van der Waals surface area contributed by atoms with E-state index in [0.717, 1.165) is 11.8 Å². The number of hydrogen-bond acceptors (Lipinski definition) is 4. The Labute approximate surface area is 86.5 Å². The van der Waals surface area contributed by atoms with Crippen molar-refractivity contribution in [2.75, 3.05) is 6.54 Å². The minimum Gasteiger partial charge on any atom is -0.479 e. The first-order chi connectivity index (χ1) is 6.75. The van der Waals surface area contributed by atoms with Crippen molar-refractivity contribution < 1.29 is 24.6 Å². The summed E-state index contributed by atoms with van der Waals surface area (Å²) in [5.74, 6) is -2.75. The molecule has 1 heterocycles. The van der Waals surface area contributed by atoms with Gasteiger partial charge in [-0.05, 0) is 6.92 Å². The molecule has 2 N–H and O–H groups in total. The molecule has 15 heavy (non-hydrogen) atoms. The Bertz CT molecular complexity index is 322. The number of hydrogen-bond donors (Lipinski definition) is 2. The number of β-amino-alcohol motifs (C(OH)–C–C–N with tert-alkyl or cyclic N) is 1. The van der Waals surface area contributed by atoms with Crippen molar-refractivity contribution in [1.29, 1.82) is 0 Å². The molecule has 0 aromatic rings. The normalized spacial score (nSPS) is 25.5. The maximum Gasteiger partial charge on any atom is 0.337 e. The largest absolute Gasteiger partial charge is 0.479 e. The Kier molecular flexibility index (Phi) is 2.81. The van der Waals surface area contributed by atoms with E-state index in [1.807, 2.05) is 0 Å². The Morgan fingerprint density at radius 1 is 1.60 bits per heavy atom. The monoisotopic (exact) mass is 215 g/mol. The number of carboxylic acid groups (broad SMARTS) is 1. The Hall–Kier alpha value is -1.43. The minimum atomic E-state index is -2.09. The fraction of sp³-hybridized carbons (Fsp3) is 0.667. The molecule has 0 spiro atoms. The summed E-state index contributed by atoms with van der Waals surface area (Å²) < 4.78 is 0. The molecule has 6 heteroatoms. The van der Waals surface area contributed by atoms with Gasteiger partial charge in [-0.3, -0.25) is 14.5 Å². The number of aliphatic hydroxyl groups is 1. The van der Waals surface area contributed by atoms with Gasteiger partial charge in [0, 0.05) is 12.3 Å². The van der Waals surface area contributed by atoms with Crippen molar-refractivity contribution in [3.05, 3.63) is 0 Å². The van der Waals surface area contributed by atoms with Crippen LogP contribution in [0.5, 0.6) is 0 Å². The highest BCUT2D eigenvalue weighted by molar-refractivity contribution is 6.03. The number of imide groups is 1. The van der Waals surface area contributed by atoms with Gasteiger partial charge >= 0.3 is 5.97 Å². The van der Waals surface area contributed by atoms with Crippen LogP contribution in [0.2, 0.25) is 0 Å². The molecule has 1 rings (SSSR count). The van der Waals surface area contributed by atoms with E-state index < -0.39 is 35.8 Å². The maximum absolute atomic E-state index is 11.4. The lowest BCUT2D eigenvalue weighted by Crippen LogP contribution is -2.48. The highest BCUT2D eigenvalue weighted by Gasteiger charge is 2.42. The fourth-order valence-corrected chi connectivity index (χ4v) is 1.39. The Morgan fingerprint density at radius 3 is 2.47 bits per heavy atom. The zero-order valence-electron chi connectivity index (χ0n) is 8.56. The molecule has 0 aromatic heterocycles. The predicted molar refractivity (Wildman–Crippen MR) is 48.8 cm³/mol. The van der Waals surface area contributed by atoms with E-state index in [0.29, 0.717) is 0 Å². The molecule has 2 unspecified atom stereocenters. The first kappa shape index (κ1) is 11.6. The van der Waals surface area contributed by atoms with E-state index in [4.69, 9.17) is 5.11 Å². The second-order valence-electron chi connectivity index (χ2n) is 4.00. The summed E-state index contributed by atoms with van der Waals surface area (Å²) >= 11 is 0. The highest BCUT2D eigenvalue weighted by Crippen LogP contribution is 2.21. The zero-order chi connectivity index (χ0) is 11.8. The van der Waals surface area contributed by atoms with E-state index in [-0.39, 0.29) is 6.42 Å². The molecule has 1 fully saturated rings. The molecule has 0 saturated carbocycles. The number of nitrogens with zero attached hydrogens (tertiary/aromatic N) is 1. The van der Waals surface area contributed by atoms with Gasteiger partial charge in [0.05, 0.1) is 6.54 Å². The molecular formula is C9H13NO5. The van der Waals surface area contributed by atoms with Crippen LogP contribution in [0.15, 0.2) is 0 Å². The maximum atomic E-state index is 11.4. The number of aliphatic carboxylic acids is 1. The third-order valence-electron chi connectivity index (χ3n) is 2.40. The van der Waals surface area contributed by atoms with Crippen LogP contribution in [0.3, 0.4) is 0 Å². The lowest BCUT2D eigenvalue weighted by molar-refractivity contribution is -0.161. The van der Waals surface area contributed by atoms with E-state index in [2.05, 4.69) is 0 Å². The molecule has 0 bridgehead atoms. The topological polar surface area (TPSA) is 94.9 Å². The van der Waals surface area contributed by atoms with Crippen molar-refractivity contribution in [3.63, 3.8) is 0 Å². The summed E-state index contributed by atoms with van der Waals surface area (Å²) in [6, 6.07) is 0. The van der Waals surface area contributed by atoms with Gasteiger partial charge in [0.1, 0.15) is 0 Å². The number of carboxylic acids is 1. The van der Waals surface area contributed by atoms with E-state index >= 15 is 0 Å². The van der Waals surface area contributed by atoms with Crippen LogP contribution in [-0.2, 0) is 14.4 Å². The summed E-state index contributed by atoms with van der Waals surface area (Å²) in [4.78, 5) is 34.1. The number of carbonyl (C=O) groups is 3. The molecule has 84 valence electrons. The third-order valence-corrected chi connectivity index (χ3v) is 2.40. The number of carbonyl (C=O) groups excluding carboxylic acids is 2. The molecule has 2 amide bonds. The zero-order valence-corrected chi connectivity index (χ0v) is 8.56. The summed E-state index contributed by atoms with van der Waals surface area (Å²) in [5, 5.41) is 18.1. The predicted octanol–water partition coefficient (Wildman–Crippen LogP) is -0.783. The van der Waals surface area contributed by atoms with Gasteiger partial charge < -0.3 is 10.2 Å². The molecule has 6 nitrogen and oxygen atoms in total. The van der Waals surface area contributed by atoms with Crippen molar-refractivity contribution in [2.45, 2.75) is 25.9 Å². The Balaban J connectivity index is 2.79. The average molecular weight is 215 g/mol. The average Bonchev–Trinajstić information content (AvgIpc) is 2.32. The molecule has 2 atom stereocenters. The fourth-order valence-electron chi connectivity index (χ4n) is 1.39. The lowest BCUT2D eigenvalue weighted by atomic mass is 10.1. The number of amides is 2. The second-order valence-corrected chi connectivity index (χ2v) is 4.00. The van der Waals surface area contributed by atoms with Gasteiger partial charge in [-0.15, -0.1) is 0 Å². The third kappa shape index (κ3) is 2.15. The first-order valence-electron chi connectivity index (χ1n) is 4.55. The van der Waals surface area contributed by atoms with Crippen LogP contribution in [0, 0.1) is 5.92 Å². The quantitative estimate of drug-likeness (QED) is 0.602. The minimum absolute atomic E-state index is 0.0779. The van der Waals surface area contributed by atoms with Crippen LogP contribution in [0.4, 0.5) is 0 Å². The molecule has 1 saturated heterocycles. The summed E-state index contributed by atoms with van der Waals surface area (Å²) in [7, 11) is 0. The summed E-state index contributed by atoms with van der Waals surface area (Å²) in [6.45, 7) is 2.15. The Morgan fingerprint density at radius 2 is 2.13 bits per heavy atom. The smallest absolute Gasteiger partial charge is 0.337 e. The lowest BCUT2D eigenvalue weighted by Gasteiger charge is -2.23. The summed E-state index contributed by atoms with van der Waals surface area (Å²) in [6.07, 6.45) is 0.0779. The van der Waals surface area contributed by atoms with Crippen LogP contribution >= 0.6 is 0 Å². The number of rotatable bonds is 3. The number of likely N-dealkylation sites (tertiary alicyclic amines) is 1. The summed E-state index contributed by atoms with van der Waals surface area (Å²) in [5.41, 5.74) is -2.09. The highest BCUT2D eigenvalue weighted by atomic mass is 16.4. The van der Waals surface area contributed by atoms with Gasteiger partial charge in [-0.25, -0.2) is 4.79 Å². The van der Waals surface area contributed by atoms with Crippen molar-refractivity contribution >= 4 is 17.8 Å². The molecule has 1 aliphatic heterocycles. The molecule has 0 aliphatic carbocycles.